The minimum Gasteiger partial charge on any atom is -0.497 e. The van der Waals surface area contributed by atoms with E-state index in [1.807, 2.05) is 48.5 Å². The zero-order valence-electron chi connectivity index (χ0n) is 14.3. The van der Waals surface area contributed by atoms with Gasteiger partial charge in [0.05, 0.1) is 19.0 Å². The third-order valence-corrected chi connectivity index (χ3v) is 4.43. The lowest BCUT2D eigenvalue weighted by molar-refractivity contribution is -0.120. The lowest BCUT2D eigenvalue weighted by atomic mass is 10.1. The first kappa shape index (κ1) is 19.5. The summed E-state index contributed by atoms with van der Waals surface area (Å²) in [5.74, 6) is 0.889. The Labute approximate surface area is 171 Å². The Morgan fingerprint density at radius 3 is 2.30 bits per heavy atom. The number of methoxy groups -OCH3 is 1. The molecule has 2 aromatic carbocycles. The highest BCUT2D eigenvalue weighted by Crippen LogP contribution is 2.26. The number of amides is 1. The van der Waals surface area contributed by atoms with E-state index >= 15 is 0 Å². The highest BCUT2D eigenvalue weighted by molar-refractivity contribution is 6.76. The molecule has 3 rings (SSSR count). The van der Waals surface area contributed by atoms with Gasteiger partial charge in [-0.1, -0.05) is 59.1 Å². The molecule has 1 amide bonds. The first-order valence-electron chi connectivity index (χ1n) is 8.00. The van der Waals surface area contributed by atoms with Gasteiger partial charge in [-0.2, -0.15) is 0 Å². The standard InChI is InChI=1S/C19H16Cl3N3O2/c1-27-15-8-6-13(7-9-15)16-11-23-17(25-16)14-4-2-12(3-5-14)10-24-18(26)19(20,21)22/h2-9,11H,10H2,1H3,(H,23,25)(H,24,26). The van der Waals surface area contributed by atoms with E-state index in [1.54, 1.807) is 13.3 Å². The van der Waals surface area contributed by atoms with Crippen LogP contribution in [0.3, 0.4) is 0 Å². The van der Waals surface area contributed by atoms with E-state index in [0.29, 0.717) is 0 Å². The number of nitrogens with zero attached hydrogens (tertiary/aromatic N) is 1. The van der Waals surface area contributed by atoms with Crippen molar-refractivity contribution in [2.45, 2.75) is 10.3 Å². The Hall–Kier alpha value is -2.21. The third kappa shape index (κ3) is 4.95. The van der Waals surface area contributed by atoms with Crippen LogP contribution in [0.25, 0.3) is 22.6 Å². The van der Waals surface area contributed by atoms with Crippen LogP contribution in [-0.4, -0.2) is 26.8 Å². The molecule has 0 spiro atoms. The summed E-state index contributed by atoms with van der Waals surface area (Å²) in [5.41, 5.74) is 3.72. The van der Waals surface area contributed by atoms with Crippen LogP contribution >= 0.6 is 34.8 Å². The molecule has 0 bridgehead atoms. The topological polar surface area (TPSA) is 67.0 Å². The molecule has 0 aliphatic heterocycles. The molecule has 0 radical (unpaired) electrons. The summed E-state index contributed by atoms with van der Waals surface area (Å²) in [5, 5.41) is 2.56. The molecule has 0 atom stereocenters. The summed E-state index contributed by atoms with van der Waals surface area (Å²) in [4.78, 5) is 19.3. The van der Waals surface area contributed by atoms with E-state index < -0.39 is 9.70 Å². The number of H-pyrrole nitrogens is 1. The Bertz CT molecular complexity index is 917. The van der Waals surface area contributed by atoms with Crippen LogP contribution < -0.4 is 10.1 Å². The molecule has 0 saturated heterocycles. The maximum atomic E-state index is 11.6. The average molecular weight is 425 g/mol. The van der Waals surface area contributed by atoms with Crippen molar-refractivity contribution in [1.29, 1.82) is 0 Å². The summed E-state index contributed by atoms with van der Waals surface area (Å²) in [6, 6.07) is 15.3. The molecular formula is C19H16Cl3N3O2. The highest BCUT2D eigenvalue weighted by Gasteiger charge is 2.30. The van der Waals surface area contributed by atoms with Gasteiger partial charge in [-0.15, -0.1) is 0 Å². The fourth-order valence-electron chi connectivity index (χ4n) is 2.45. The second-order valence-corrected chi connectivity index (χ2v) is 8.03. The molecule has 3 aromatic rings. The van der Waals surface area contributed by atoms with Crippen molar-refractivity contribution in [2.75, 3.05) is 7.11 Å². The molecule has 0 aliphatic carbocycles. The Kier molecular flexibility index (Phi) is 5.95. The predicted molar refractivity (Wildman–Crippen MR) is 108 cm³/mol. The predicted octanol–water partition coefficient (Wildman–Crippen LogP) is 4.74. The van der Waals surface area contributed by atoms with Gasteiger partial charge in [0, 0.05) is 12.1 Å². The number of benzene rings is 2. The number of imidazole rings is 1. The maximum Gasteiger partial charge on any atom is 0.272 e. The van der Waals surface area contributed by atoms with E-state index in [4.69, 9.17) is 39.5 Å². The number of carbonyl (C=O) groups excluding carboxylic acids is 1. The lowest BCUT2D eigenvalue weighted by Gasteiger charge is -2.11. The van der Waals surface area contributed by atoms with E-state index in [1.165, 1.54) is 0 Å². The molecule has 5 nitrogen and oxygen atoms in total. The number of hydrogen-bond donors (Lipinski definition) is 2. The zero-order valence-corrected chi connectivity index (χ0v) is 16.6. The molecule has 140 valence electrons. The van der Waals surface area contributed by atoms with Crippen LogP contribution in [0.15, 0.2) is 54.7 Å². The minimum atomic E-state index is -1.97. The van der Waals surface area contributed by atoms with Gasteiger partial charge in [0.25, 0.3) is 9.70 Å². The van der Waals surface area contributed by atoms with Crippen molar-refractivity contribution >= 4 is 40.7 Å². The number of alkyl halides is 3. The monoisotopic (exact) mass is 423 g/mol. The summed E-state index contributed by atoms with van der Waals surface area (Å²) in [7, 11) is 1.63. The van der Waals surface area contributed by atoms with Crippen LogP contribution in [0.1, 0.15) is 5.56 Å². The molecule has 2 N–H and O–H groups in total. The molecule has 8 heteroatoms. The number of aromatic amines is 1. The smallest absolute Gasteiger partial charge is 0.272 e. The van der Waals surface area contributed by atoms with Crippen LogP contribution in [0.2, 0.25) is 0 Å². The van der Waals surface area contributed by atoms with Crippen molar-refractivity contribution in [1.82, 2.24) is 15.3 Å². The molecule has 0 aliphatic rings. The van der Waals surface area contributed by atoms with Crippen LogP contribution in [0.5, 0.6) is 5.75 Å². The number of carbonyl (C=O) groups is 1. The zero-order chi connectivity index (χ0) is 19.4. The molecule has 0 saturated carbocycles. The largest absolute Gasteiger partial charge is 0.497 e. The lowest BCUT2D eigenvalue weighted by Crippen LogP contribution is -2.33. The Morgan fingerprint density at radius 1 is 1.07 bits per heavy atom. The summed E-state index contributed by atoms with van der Waals surface area (Å²) in [6.45, 7) is 0.266. The van der Waals surface area contributed by atoms with Gasteiger partial charge in [0.15, 0.2) is 0 Å². The second kappa shape index (κ2) is 8.21. The first-order chi connectivity index (χ1) is 12.9. The van der Waals surface area contributed by atoms with Crippen molar-refractivity contribution < 1.29 is 9.53 Å². The van der Waals surface area contributed by atoms with E-state index in [0.717, 1.165) is 34.0 Å². The van der Waals surface area contributed by atoms with Gasteiger partial charge in [-0.25, -0.2) is 4.98 Å². The summed E-state index contributed by atoms with van der Waals surface area (Å²) < 4.78 is 3.20. The number of ether oxygens (including phenoxy) is 1. The molecule has 0 unspecified atom stereocenters. The SMILES string of the molecule is COc1ccc(-c2cnc(-c3ccc(CNC(=O)C(Cl)(Cl)Cl)cc3)[nH]2)cc1. The van der Waals surface area contributed by atoms with Gasteiger partial charge in [-0.05, 0) is 35.4 Å². The van der Waals surface area contributed by atoms with Gasteiger partial charge in [0.1, 0.15) is 11.6 Å². The molecular weight excluding hydrogens is 409 g/mol. The normalized spacial score (nSPS) is 11.3. The quantitative estimate of drug-likeness (QED) is 0.581. The van der Waals surface area contributed by atoms with Crippen LogP contribution in [0, 0.1) is 0 Å². The van der Waals surface area contributed by atoms with Gasteiger partial charge in [-0.3, -0.25) is 4.79 Å². The summed E-state index contributed by atoms with van der Waals surface area (Å²) in [6.07, 6.45) is 1.78. The van der Waals surface area contributed by atoms with Gasteiger partial charge in [0.2, 0.25) is 0 Å². The maximum absolute atomic E-state index is 11.6. The van der Waals surface area contributed by atoms with Crippen LogP contribution in [0.4, 0.5) is 0 Å². The number of halogens is 3. The number of nitrogens with one attached hydrogen (secondary N) is 2. The Morgan fingerprint density at radius 2 is 1.70 bits per heavy atom. The van der Waals surface area contributed by atoms with Gasteiger partial charge < -0.3 is 15.0 Å². The molecule has 0 fully saturated rings. The molecule has 27 heavy (non-hydrogen) atoms. The van der Waals surface area contributed by atoms with Crippen molar-refractivity contribution in [3.05, 3.63) is 60.3 Å². The van der Waals surface area contributed by atoms with Gasteiger partial charge >= 0.3 is 0 Å². The van der Waals surface area contributed by atoms with Crippen LogP contribution in [-0.2, 0) is 11.3 Å². The fourth-order valence-corrected chi connectivity index (χ4v) is 2.65. The Balaban J connectivity index is 1.68. The molecule has 1 aromatic heterocycles. The van der Waals surface area contributed by atoms with Crippen molar-refractivity contribution in [3.63, 3.8) is 0 Å². The third-order valence-electron chi connectivity index (χ3n) is 3.91. The summed E-state index contributed by atoms with van der Waals surface area (Å²) >= 11 is 16.6. The minimum absolute atomic E-state index is 0.266. The van der Waals surface area contributed by atoms with Crippen molar-refractivity contribution in [3.8, 4) is 28.4 Å². The van der Waals surface area contributed by atoms with E-state index in [9.17, 15) is 4.79 Å². The van der Waals surface area contributed by atoms with Crippen molar-refractivity contribution in [2.24, 2.45) is 0 Å². The average Bonchev–Trinajstić information content (AvgIpc) is 3.16. The fraction of sp³-hybridized carbons (Fsp3) is 0.158. The second-order valence-electron chi connectivity index (χ2n) is 5.75. The first-order valence-corrected chi connectivity index (χ1v) is 9.14. The highest BCUT2D eigenvalue weighted by atomic mass is 35.6. The number of hydrogen-bond acceptors (Lipinski definition) is 3. The molecule has 1 heterocycles. The van der Waals surface area contributed by atoms with E-state index in [-0.39, 0.29) is 6.54 Å². The number of aromatic nitrogens is 2. The van der Waals surface area contributed by atoms with E-state index in [2.05, 4.69) is 15.3 Å². The number of rotatable bonds is 5.